The summed E-state index contributed by atoms with van der Waals surface area (Å²) in [5.74, 6) is -0.823. The predicted octanol–water partition coefficient (Wildman–Crippen LogP) is 2.31. The van der Waals surface area contributed by atoms with E-state index in [1.165, 1.54) is 6.92 Å². The van der Waals surface area contributed by atoms with Crippen molar-refractivity contribution in [3.63, 3.8) is 0 Å². The molecular weight excluding hydrogens is 270 g/mol. The van der Waals surface area contributed by atoms with Crippen LogP contribution in [0.4, 0.5) is 0 Å². The van der Waals surface area contributed by atoms with Gasteiger partial charge in [-0.3, -0.25) is 4.79 Å². The Morgan fingerprint density at radius 2 is 2.10 bits per heavy atom. The highest BCUT2D eigenvalue weighted by Crippen LogP contribution is 2.34. The van der Waals surface area contributed by atoms with Gasteiger partial charge in [0, 0.05) is 24.5 Å². The standard InChI is InChI=1S/C16H25NO4/c1-4-13(10(2)17-11(3)19)5-6-14-7-12(9-18)8-15(14)16(20)21/h9-10,12-13H,4-8H2,1-3H3,(H,17,19)(H,20,21). The number of carboxylic acid groups (broad SMARTS) is 1. The lowest BCUT2D eigenvalue weighted by Crippen LogP contribution is -2.36. The summed E-state index contributed by atoms with van der Waals surface area (Å²) in [6.07, 6.45) is 4.22. The Morgan fingerprint density at radius 1 is 1.43 bits per heavy atom. The van der Waals surface area contributed by atoms with Gasteiger partial charge in [0.15, 0.2) is 0 Å². The van der Waals surface area contributed by atoms with Gasteiger partial charge in [-0.2, -0.15) is 0 Å². The van der Waals surface area contributed by atoms with Crippen LogP contribution in [-0.4, -0.2) is 29.3 Å². The molecule has 0 saturated heterocycles. The average Bonchev–Trinajstić information content (AvgIpc) is 2.82. The molecule has 0 saturated carbocycles. The van der Waals surface area contributed by atoms with Crippen molar-refractivity contribution in [2.24, 2.45) is 11.8 Å². The molecule has 1 amide bonds. The molecule has 21 heavy (non-hydrogen) atoms. The van der Waals surface area contributed by atoms with E-state index < -0.39 is 5.97 Å². The van der Waals surface area contributed by atoms with Gasteiger partial charge in [0.1, 0.15) is 6.29 Å². The van der Waals surface area contributed by atoms with Gasteiger partial charge in [0.2, 0.25) is 5.91 Å². The van der Waals surface area contributed by atoms with Crippen molar-refractivity contribution in [3.8, 4) is 0 Å². The smallest absolute Gasteiger partial charge is 0.331 e. The Kier molecular flexibility index (Phi) is 6.59. The van der Waals surface area contributed by atoms with Crippen LogP contribution in [0.1, 0.15) is 52.9 Å². The van der Waals surface area contributed by atoms with E-state index >= 15 is 0 Å². The topological polar surface area (TPSA) is 83.5 Å². The monoisotopic (exact) mass is 295 g/mol. The van der Waals surface area contributed by atoms with Crippen molar-refractivity contribution in [1.29, 1.82) is 0 Å². The molecule has 118 valence electrons. The average molecular weight is 295 g/mol. The lowest BCUT2D eigenvalue weighted by Gasteiger charge is -2.23. The third-order valence-corrected chi connectivity index (χ3v) is 4.33. The summed E-state index contributed by atoms with van der Waals surface area (Å²) >= 11 is 0. The summed E-state index contributed by atoms with van der Waals surface area (Å²) in [5, 5.41) is 12.1. The second-order valence-corrected chi connectivity index (χ2v) is 5.89. The first-order chi connectivity index (χ1) is 9.88. The van der Waals surface area contributed by atoms with E-state index in [1.54, 1.807) is 0 Å². The van der Waals surface area contributed by atoms with E-state index in [-0.39, 0.29) is 17.9 Å². The molecule has 1 rings (SSSR count). The van der Waals surface area contributed by atoms with Gasteiger partial charge in [-0.15, -0.1) is 0 Å². The summed E-state index contributed by atoms with van der Waals surface area (Å²) in [7, 11) is 0. The number of nitrogens with one attached hydrogen (secondary N) is 1. The molecule has 3 atom stereocenters. The number of carbonyl (C=O) groups excluding carboxylic acids is 2. The fourth-order valence-corrected chi connectivity index (χ4v) is 3.11. The molecule has 0 aliphatic heterocycles. The molecule has 3 unspecified atom stereocenters. The molecule has 0 aromatic carbocycles. The number of hydrogen-bond donors (Lipinski definition) is 2. The molecule has 1 aliphatic carbocycles. The molecule has 5 nitrogen and oxygen atoms in total. The summed E-state index contributed by atoms with van der Waals surface area (Å²) in [6.45, 7) is 5.54. The second kappa shape index (κ2) is 7.96. The van der Waals surface area contributed by atoms with Crippen LogP contribution in [0, 0.1) is 11.8 Å². The molecule has 2 N–H and O–H groups in total. The van der Waals surface area contributed by atoms with Crippen molar-refractivity contribution in [2.45, 2.75) is 58.9 Å². The molecule has 0 spiro atoms. The number of hydrogen-bond acceptors (Lipinski definition) is 3. The third-order valence-electron chi connectivity index (χ3n) is 4.33. The number of carboxylic acids is 1. The van der Waals surface area contributed by atoms with Crippen LogP contribution < -0.4 is 5.32 Å². The van der Waals surface area contributed by atoms with E-state index in [0.717, 1.165) is 24.7 Å². The van der Waals surface area contributed by atoms with E-state index in [0.29, 0.717) is 30.8 Å². The fraction of sp³-hybridized carbons (Fsp3) is 0.688. The van der Waals surface area contributed by atoms with Gasteiger partial charge < -0.3 is 15.2 Å². The van der Waals surface area contributed by atoms with Crippen molar-refractivity contribution in [3.05, 3.63) is 11.1 Å². The minimum absolute atomic E-state index is 0.0479. The number of aldehydes is 1. The molecule has 0 fully saturated rings. The summed E-state index contributed by atoms with van der Waals surface area (Å²) in [4.78, 5) is 33.2. The summed E-state index contributed by atoms with van der Waals surface area (Å²) < 4.78 is 0. The van der Waals surface area contributed by atoms with E-state index in [4.69, 9.17) is 0 Å². The van der Waals surface area contributed by atoms with Crippen LogP contribution >= 0.6 is 0 Å². The normalized spacial score (nSPS) is 21.0. The van der Waals surface area contributed by atoms with Crippen LogP contribution in [-0.2, 0) is 14.4 Å². The lowest BCUT2D eigenvalue weighted by atomic mass is 9.90. The number of carbonyl (C=O) groups is 3. The minimum atomic E-state index is -0.905. The Labute approximate surface area is 125 Å². The SMILES string of the molecule is CCC(CCC1=C(C(=O)O)CC(C=O)C1)C(C)NC(C)=O. The van der Waals surface area contributed by atoms with Crippen LogP contribution in [0.2, 0.25) is 0 Å². The Balaban J connectivity index is 2.66. The number of rotatable bonds is 8. The summed E-state index contributed by atoms with van der Waals surface area (Å²) in [6, 6.07) is 0.0737. The van der Waals surface area contributed by atoms with Crippen molar-refractivity contribution < 1.29 is 19.5 Å². The Morgan fingerprint density at radius 3 is 2.57 bits per heavy atom. The Bertz CT molecular complexity index is 442. The summed E-state index contributed by atoms with van der Waals surface area (Å²) in [5.41, 5.74) is 1.31. The molecule has 0 aromatic rings. The van der Waals surface area contributed by atoms with Gasteiger partial charge >= 0.3 is 5.97 Å². The lowest BCUT2D eigenvalue weighted by molar-refractivity contribution is -0.132. The fourth-order valence-electron chi connectivity index (χ4n) is 3.11. The molecule has 0 heterocycles. The maximum absolute atomic E-state index is 11.2. The van der Waals surface area contributed by atoms with Crippen LogP contribution in [0.3, 0.4) is 0 Å². The first-order valence-electron chi connectivity index (χ1n) is 7.55. The zero-order valence-electron chi connectivity index (χ0n) is 13.0. The van der Waals surface area contributed by atoms with Crippen molar-refractivity contribution >= 4 is 18.2 Å². The number of aliphatic carboxylic acids is 1. The van der Waals surface area contributed by atoms with Crippen LogP contribution in [0.15, 0.2) is 11.1 Å². The van der Waals surface area contributed by atoms with Crippen molar-refractivity contribution in [2.75, 3.05) is 0 Å². The first kappa shape index (κ1) is 17.4. The molecule has 1 aliphatic rings. The molecule has 0 aromatic heterocycles. The van der Waals surface area contributed by atoms with E-state index in [1.807, 2.05) is 6.92 Å². The minimum Gasteiger partial charge on any atom is -0.478 e. The number of allylic oxidation sites excluding steroid dienone is 1. The third kappa shape index (κ3) is 4.99. The zero-order valence-corrected chi connectivity index (χ0v) is 13.0. The highest BCUT2D eigenvalue weighted by molar-refractivity contribution is 5.89. The molecule has 5 heteroatoms. The predicted molar refractivity (Wildman–Crippen MR) is 79.7 cm³/mol. The second-order valence-electron chi connectivity index (χ2n) is 5.89. The van der Waals surface area contributed by atoms with Crippen LogP contribution in [0.5, 0.6) is 0 Å². The van der Waals surface area contributed by atoms with E-state index in [2.05, 4.69) is 12.2 Å². The molecule has 0 bridgehead atoms. The Hall–Kier alpha value is -1.65. The quantitative estimate of drug-likeness (QED) is 0.673. The van der Waals surface area contributed by atoms with Gasteiger partial charge in [-0.05, 0) is 38.5 Å². The highest BCUT2D eigenvalue weighted by atomic mass is 16.4. The van der Waals surface area contributed by atoms with Crippen molar-refractivity contribution in [1.82, 2.24) is 5.32 Å². The number of amides is 1. The highest BCUT2D eigenvalue weighted by Gasteiger charge is 2.28. The van der Waals surface area contributed by atoms with Gasteiger partial charge in [0.05, 0.1) is 0 Å². The first-order valence-corrected chi connectivity index (χ1v) is 7.55. The van der Waals surface area contributed by atoms with Gasteiger partial charge in [-0.25, -0.2) is 4.79 Å². The zero-order chi connectivity index (χ0) is 16.0. The maximum atomic E-state index is 11.2. The van der Waals surface area contributed by atoms with Gasteiger partial charge in [-0.1, -0.05) is 18.9 Å². The molecule has 0 radical (unpaired) electrons. The largest absolute Gasteiger partial charge is 0.478 e. The van der Waals surface area contributed by atoms with Gasteiger partial charge in [0.25, 0.3) is 0 Å². The molecular formula is C16H25NO4. The maximum Gasteiger partial charge on any atom is 0.331 e. The van der Waals surface area contributed by atoms with E-state index in [9.17, 15) is 19.5 Å². The van der Waals surface area contributed by atoms with Crippen LogP contribution in [0.25, 0.3) is 0 Å².